The van der Waals surface area contributed by atoms with E-state index in [1.807, 2.05) is 29.2 Å². The highest BCUT2D eigenvalue weighted by molar-refractivity contribution is 6.00. The van der Waals surface area contributed by atoms with Crippen molar-refractivity contribution in [1.82, 2.24) is 20.3 Å². The molecule has 0 saturated carbocycles. The average molecular weight is 501 g/mol. The highest BCUT2D eigenvalue weighted by Crippen LogP contribution is 2.38. The molecule has 2 aromatic heterocycles. The van der Waals surface area contributed by atoms with Gasteiger partial charge in [-0.1, -0.05) is 24.3 Å². The van der Waals surface area contributed by atoms with Crippen LogP contribution in [0.25, 0.3) is 32.9 Å². The van der Waals surface area contributed by atoms with E-state index in [0.29, 0.717) is 34.8 Å². The summed E-state index contributed by atoms with van der Waals surface area (Å²) < 4.78 is 16.4. The van der Waals surface area contributed by atoms with Crippen molar-refractivity contribution in [2.24, 2.45) is 0 Å². The second-order valence-corrected chi connectivity index (χ2v) is 10.5. The zero-order valence-electron chi connectivity index (χ0n) is 20.4. The third-order valence-electron chi connectivity index (χ3n) is 8.11. The van der Waals surface area contributed by atoms with Crippen LogP contribution in [0.3, 0.4) is 0 Å². The number of pyridine rings is 1. The standard InChI is InChI=1S/C28H29FN6O2/c29-24-25(22-11-20(37)10-16-4-1-2-6-21(16)22)30-12-23-26(24)32-28(35-9-3-5-19(35)15-36)33-27(23)34-13-17-7-8-18(14-34)31-17/h1-2,4,6,10-12,17-19,31,36-37H,3,5,7-9,13-15H2/t17-,18+,19-/m0/s1. The van der Waals surface area contributed by atoms with Gasteiger partial charge in [-0.15, -0.1) is 0 Å². The molecule has 0 aliphatic carbocycles. The largest absolute Gasteiger partial charge is 0.508 e. The minimum absolute atomic E-state index is 0.00781. The molecule has 0 spiro atoms. The third-order valence-corrected chi connectivity index (χ3v) is 8.11. The monoisotopic (exact) mass is 500 g/mol. The molecule has 190 valence electrons. The van der Waals surface area contributed by atoms with Crippen LogP contribution in [0.2, 0.25) is 0 Å². The van der Waals surface area contributed by atoms with Crippen LogP contribution in [0, 0.1) is 5.82 Å². The number of fused-ring (bicyclic) bond motifs is 4. The minimum atomic E-state index is -0.531. The number of hydrogen-bond acceptors (Lipinski definition) is 8. The van der Waals surface area contributed by atoms with Crippen molar-refractivity contribution < 1.29 is 14.6 Å². The molecule has 3 N–H and O–H groups in total. The number of benzene rings is 2. The Balaban J connectivity index is 1.44. The number of anilines is 2. The molecule has 2 aromatic carbocycles. The van der Waals surface area contributed by atoms with E-state index in [1.165, 1.54) is 0 Å². The molecule has 3 atom stereocenters. The number of aromatic nitrogens is 3. The molecule has 3 fully saturated rings. The molecule has 0 unspecified atom stereocenters. The lowest BCUT2D eigenvalue weighted by Gasteiger charge is -2.35. The van der Waals surface area contributed by atoms with Gasteiger partial charge in [-0.05, 0) is 48.6 Å². The number of phenols is 1. The normalized spacial score (nSPS) is 23.5. The Morgan fingerprint density at radius 3 is 2.65 bits per heavy atom. The first-order valence-electron chi connectivity index (χ1n) is 13.1. The lowest BCUT2D eigenvalue weighted by Crippen LogP contribution is -2.51. The molecule has 5 heterocycles. The summed E-state index contributed by atoms with van der Waals surface area (Å²) in [4.78, 5) is 18.5. The number of rotatable bonds is 4. The van der Waals surface area contributed by atoms with Crippen LogP contribution < -0.4 is 15.1 Å². The number of aromatic hydroxyl groups is 1. The predicted octanol–water partition coefficient (Wildman–Crippen LogP) is 3.59. The van der Waals surface area contributed by atoms with E-state index in [9.17, 15) is 10.2 Å². The van der Waals surface area contributed by atoms with E-state index in [1.54, 1.807) is 18.3 Å². The first-order valence-corrected chi connectivity index (χ1v) is 13.1. The first-order chi connectivity index (χ1) is 18.1. The lowest BCUT2D eigenvalue weighted by atomic mass is 10.00. The molecule has 3 aliphatic rings. The van der Waals surface area contributed by atoms with E-state index < -0.39 is 5.82 Å². The number of aliphatic hydroxyl groups excluding tert-OH is 1. The Bertz CT molecular complexity index is 1500. The van der Waals surface area contributed by atoms with Gasteiger partial charge in [-0.2, -0.15) is 4.98 Å². The van der Waals surface area contributed by atoms with Crippen molar-refractivity contribution in [1.29, 1.82) is 0 Å². The lowest BCUT2D eigenvalue weighted by molar-refractivity contribution is 0.265. The summed E-state index contributed by atoms with van der Waals surface area (Å²) in [5.41, 5.74) is 0.883. The molecule has 3 saturated heterocycles. The molecule has 8 nitrogen and oxygen atoms in total. The van der Waals surface area contributed by atoms with Crippen molar-refractivity contribution >= 4 is 33.4 Å². The van der Waals surface area contributed by atoms with Gasteiger partial charge in [0, 0.05) is 43.5 Å². The second-order valence-electron chi connectivity index (χ2n) is 10.5. The van der Waals surface area contributed by atoms with Crippen molar-refractivity contribution in [2.75, 3.05) is 36.0 Å². The Morgan fingerprint density at radius 2 is 1.84 bits per heavy atom. The molecule has 4 aromatic rings. The summed E-state index contributed by atoms with van der Waals surface area (Å²) in [7, 11) is 0. The molecule has 3 aliphatic heterocycles. The molecule has 9 heteroatoms. The maximum atomic E-state index is 16.4. The third kappa shape index (κ3) is 3.76. The fourth-order valence-electron chi connectivity index (χ4n) is 6.34. The van der Waals surface area contributed by atoms with Crippen LogP contribution >= 0.6 is 0 Å². The first kappa shape index (κ1) is 22.6. The number of aliphatic hydroxyl groups is 1. The topological polar surface area (TPSA) is 97.6 Å². The van der Waals surface area contributed by atoms with E-state index in [0.717, 1.165) is 56.1 Å². The van der Waals surface area contributed by atoms with E-state index in [4.69, 9.17) is 9.97 Å². The Morgan fingerprint density at radius 1 is 1.03 bits per heavy atom. The van der Waals surface area contributed by atoms with Crippen LogP contribution in [0.15, 0.2) is 42.6 Å². The molecule has 0 radical (unpaired) electrons. The SMILES string of the molecule is OC[C@@H]1CCCN1c1nc(N2C[C@H]3CC[C@@H](C2)N3)c2cnc(-c3cc(O)cc4ccccc34)c(F)c2n1. The zero-order valence-corrected chi connectivity index (χ0v) is 20.4. The van der Waals surface area contributed by atoms with E-state index >= 15 is 4.39 Å². The number of hydrogen-bond donors (Lipinski definition) is 3. The fraction of sp³-hybridized carbons (Fsp3) is 0.393. The molecule has 2 bridgehead atoms. The van der Waals surface area contributed by atoms with Crippen LogP contribution in [0.1, 0.15) is 25.7 Å². The summed E-state index contributed by atoms with van der Waals surface area (Å²) in [5.74, 6) is 0.664. The summed E-state index contributed by atoms with van der Waals surface area (Å²) in [6.07, 6.45) is 5.70. The number of nitrogens with one attached hydrogen (secondary N) is 1. The van der Waals surface area contributed by atoms with Crippen molar-refractivity contribution in [3.63, 3.8) is 0 Å². The molecule has 0 amide bonds. The quantitative estimate of drug-likeness (QED) is 0.391. The second kappa shape index (κ2) is 8.78. The maximum Gasteiger partial charge on any atom is 0.228 e. The van der Waals surface area contributed by atoms with Crippen molar-refractivity contribution in [3.05, 3.63) is 48.4 Å². The predicted molar refractivity (Wildman–Crippen MR) is 142 cm³/mol. The smallest absolute Gasteiger partial charge is 0.228 e. The summed E-state index contributed by atoms with van der Waals surface area (Å²) >= 11 is 0. The van der Waals surface area contributed by atoms with Crippen LogP contribution in [-0.2, 0) is 0 Å². The van der Waals surface area contributed by atoms with Gasteiger partial charge in [-0.25, -0.2) is 9.37 Å². The van der Waals surface area contributed by atoms with Gasteiger partial charge < -0.3 is 25.3 Å². The number of piperazine rings is 1. The van der Waals surface area contributed by atoms with Crippen molar-refractivity contribution in [3.8, 4) is 17.0 Å². The highest BCUT2D eigenvalue weighted by atomic mass is 19.1. The van der Waals surface area contributed by atoms with Crippen LogP contribution in [0.4, 0.5) is 16.2 Å². The van der Waals surface area contributed by atoms with Gasteiger partial charge >= 0.3 is 0 Å². The maximum absolute atomic E-state index is 16.4. The van der Waals surface area contributed by atoms with Gasteiger partial charge in [0.15, 0.2) is 5.82 Å². The number of phenolic OH excluding ortho intramolecular Hbond substituents is 1. The zero-order chi connectivity index (χ0) is 25.1. The van der Waals surface area contributed by atoms with E-state index in [-0.39, 0.29) is 29.6 Å². The summed E-state index contributed by atoms with van der Waals surface area (Å²) in [6, 6.07) is 11.5. The Hall–Kier alpha value is -3.56. The molecule has 7 rings (SSSR count). The van der Waals surface area contributed by atoms with E-state index in [2.05, 4.69) is 15.2 Å². The van der Waals surface area contributed by atoms with Crippen molar-refractivity contribution in [2.45, 2.75) is 43.8 Å². The molecular weight excluding hydrogens is 471 g/mol. The average Bonchev–Trinajstić information content (AvgIpc) is 3.53. The van der Waals surface area contributed by atoms with Gasteiger partial charge in [0.2, 0.25) is 5.95 Å². The summed E-state index contributed by atoms with van der Waals surface area (Å²) in [6.45, 7) is 2.33. The number of nitrogens with zero attached hydrogens (tertiary/aromatic N) is 5. The van der Waals surface area contributed by atoms with Gasteiger partial charge in [0.25, 0.3) is 0 Å². The van der Waals surface area contributed by atoms with Gasteiger partial charge in [-0.3, -0.25) is 4.98 Å². The highest BCUT2D eigenvalue weighted by Gasteiger charge is 2.35. The molecule has 37 heavy (non-hydrogen) atoms. The number of halogens is 1. The van der Waals surface area contributed by atoms with Gasteiger partial charge in [0.05, 0.1) is 18.0 Å². The Labute approximate surface area is 213 Å². The Kier molecular flexibility index (Phi) is 5.37. The minimum Gasteiger partial charge on any atom is -0.508 e. The molecular formula is C28H29FN6O2. The summed E-state index contributed by atoms with van der Waals surface area (Å²) in [5, 5.41) is 26.2. The van der Waals surface area contributed by atoms with Gasteiger partial charge in [0.1, 0.15) is 22.8 Å². The van der Waals surface area contributed by atoms with Crippen LogP contribution in [-0.4, -0.2) is 69.5 Å². The fourth-order valence-corrected chi connectivity index (χ4v) is 6.34. The van der Waals surface area contributed by atoms with Crippen LogP contribution in [0.5, 0.6) is 5.75 Å².